The molecule has 78 valence electrons. The highest BCUT2D eigenvalue weighted by Crippen LogP contribution is 2.15. The molecular formula is C9H10N4OS. The fourth-order valence-corrected chi connectivity index (χ4v) is 1.80. The first-order valence-corrected chi connectivity index (χ1v) is 5.25. The van der Waals surface area contributed by atoms with E-state index in [1.807, 2.05) is 12.3 Å². The van der Waals surface area contributed by atoms with Gasteiger partial charge in [0.15, 0.2) is 5.13 Å². The lowest BCUT2D eigenvalue weighted by Gasteiger charge is -1.96. The lowest BCUT2D eigenvalue weighted by Crippen LogP contribution is -2.10. The number of thiazole rings is 1. The normalized spacial score (nSPS) is 10.3. The van der Waals surface area contributed by atoms with Crippen LogP contribution in [-0.2, 0) is 7.05 Å². The highest BCUT2D eigenvalue weighted by molar-refractivity contribution is 7.13. The van der Waals surface area contributed by atoms with Gasteiger partial charge in [-0.15, -0.1) is 11.3 Å². The number of aryl methyl sites for hydroxylation is 2. The summed E-state index contributed by atoms with van der Waals surface area (Å²) in [4.78, 5) is 15.8. The summed E-state index contributed by atoms with van der Waals surface area (Å²) in [6.45, 7) is 1.89. The van der Waals surface area contributed by atoms with E-state index in [9.17, 15) is 4.79 Å². The fraction of sp³-hybridized carbons (Fsp3) is 0.222. The number of nitrogens with zero attached hydrogens (tertiary/aromatic N) is 3. The van der Waals surface area contributed by atoms with Crippen molar-refractivity contribution >= 4 is 22.4 Å². The van der Waals surface area contributed by atoms with Crippen LogP contribution in [0.1, 0.15) is 16.1 Å². The van der Waals surface area contributed by atoms with E-state index < -0.39 is 0 Å². The molecule has 0 unspecified atom stereocenters. The Balaban J connectivity index is 2.10. The van der Waals surface area contributed by atoms with Crippen LogP contribution < -0.4 is 5.32 Å². The summed E-state index contributed by atoms with van der Waals surface area (Å²) in [5.74, 6) is -0.183. The Bertz CT molecular complexity index is 488. The van der Waals surface area contributed by atoms with E-state index in [0.29, 0.717) is 10.7 Å². The van der Waals surface area contributed by atoms with E-state index in [-0.39, 0.29) is 5.91 Å². The van der Waals surface area contributed by atoms with Gasteiger partial charge in [0.25, 0.3) is 5.91 Å². The molecular weight excluding hydrogens is 212 g/mol. The third kappa shape index (κ3) is 2.21. The molecule has 0 radical (unpaired) electrons. The third-order valence-corrected chi connectivity index (χ3v) is 2.68. The van der Waals surface area contributed by atoms with Crippen LogP contribution in [0.15, 0.2) is 17.8 Å². The molecule has 0 aromatic carbocycles. The van der Waals surface area contributed by atoms with E-state index >= 15 is 0 Å². The second kappa shape index (κ2) is 3.82. The predicted molar refractivity (Wildman–Crippen MR) is 58.0 cm³/mol. The minimum atomic E-state index is -0.183. The Hall–Kier alpha value is -1.69. The summed E-state index contributed by atoms with van der Waals surface area (Å²) in [5.41, 5.74) is 1.44. The van der Waals surface area contributed by atoms with Crippen molar-refractivity contribution in [3.05, 3.63) is 29.0 Å². The number of anilines is 1. The van der Waals surface area contributed by atoms with Crippen LogP contribution >= 0.6 is 11.3 Å². The highest BCUT2D eigenvalue weighted by Gasteiger charge is 2.09. The Morgan fingerprint density at radius 2 is 2.40 bits per heavy atom. The molecule has 1 amide bonds. The van der Waals surface area contributed by atoms with Crippen LogP contribution in [0, 0.1) is 6.92 Å². The smallest absolute Gasteiger partial charge is 0.260 e. The molecule has 2 aromatic rings. The molecule has 0 bridgehead atoms. The van der Waals surface area contributed by atoms with Crippen LogP contribution in [0.4, 0.5) is 5.13 Å². The van der Waals surface area contributed by atoms with Gasteiger partial charge in [-0.3, -0.25) is 14.8 Å². The van der Waals surface area contributed by atoms with E-state index in [0.717, 1.165) is 5.69 Å². The van der Waals surface area contributed by atoms with Crippen LogP contribution in [-0.4, -0.2) is 20.7 Å². The quantitative estimate of drug-likeness (QED) is 0.836. The Labute approximate surface area is 90.8 Å². The zero-order chi connectivity index (χ0) is 10.8. The fourth-order valence-electron chi connectivity index (χ4n) is 1.12. The molecule has 0 aliphatic rings. The minimum absolute atomic E-state index is 0.183. The molecule has 15 heavy (non-hydrogen) atoms. The number of nitrogens with one attached hydrogen (secondary N) is 1. The van der Waals surface area contributed by atoms with E-state index in [1.165, 1.54) is 17.5 Å². The van der Waals surface area contributed by atoms with Gasteiger partial charge in [0.05, 0.1) is 17.5 Å². The number of rotatable bonds is 2. The number of aromatic nitrogens is 3. The molecule has 0 saturated heterocycles. The maximum absolute atomic E-state index is 11.6. The van der Waals surface area contributed by atoms with Crippen molar-refractivity contribution in [1.29, 1.82) is 0 Å². The summed E-state index contributed by atoms with van der Waals surface area (Å²) in [6, 6.07) is 0. The number of amides is 1. The molecule has 0 atom stereocenters. The third-order valence-electron chi connectivity index (χ3n) is 1.81. The standard InChI is InChI=1S/C9H10N4OS/c1-6-5-15-9(11-6)12-8(14)7-3-10-13(2)4-7/h3-5H,1-2H3,(H,11,12,14). The van der Waals surface area contributed by atoms with Crippen LogP contribution in [0.5, 0.6) is 0 Å². The highest BCUT2D eigenvalue weighted by atomic mass is 32.1. The minimum Gasteiger partial charge on any atom is -0.298 e. The molecule has 0 aliphatic carbocycles. The topological polar surface area (TPSA) is 59.8 Å². The Kier molecular flexibility index (Phi) is 2.51. The van der Waals surface area contributed by atoms with Gasteiger partial charge in [0, 0.05) is 18.6 Å². The van der Waals surface area contributed by atoms with Gasteiger partial charge in [-0.05, 0) is 6.92 Å². The SMILES string of the molecule is Cc1csc(NC(=O)c2cnn(C)c2)n1. The van der Waals surface area contributed by atoms with Gasteiger partial charge in [0.2, 0.25) is 0 Å². The van der Waals surface area contributed by atoms with Crippen LogP contribution in [0.25, 0.3) is 0 Å². The lowest BCUT2D eigenvalue weighted by molar-refractivity contribution is 0.102. The van der Waals surface area contributed by atoms with Crippen molar-refractivity contribution < 1.29 is 4.79 Å². The van der Waals surface area contributed by atoms with Crippen molar-refractivity contribution in [3.8, 4) is 0 Å². The molecule has 1 N–H and O–H groups in total. The van der Waals surface area contributed by atoms with Crippen molar-refractivity contribution in [2.45, 2.75) is 6.92 Å². The number of hydrogen-bond donors (Lipinski definition) is 1. The monoisotopic (exact) mass is 222 g/mol. The molecule has 2 heterocycles. The van der Waals surface area contributed by atoms with Gasteiger partial charge in [-0.25, -0.2) is 4.98 Å². The van der Waals surface area contributed by atoms with Crippen molar-refractivity contribution in [1.82, 2.24) is 14.8 Å². The average molecular weight is 222 g/mol. The van der Waals surface area contributed by atoms with Crippen molar-refractivity contribution in [3.63, 3.8) is 0 Å². The number of hydrogen-bond acceptors (Lipinski definition) is 4. The summed E-state index contributed by atoms with van der Waals surface area (Å²) < 4.78 is 1.59. The summed E-state index contributed by atoms with van der Waals surface area (Å²) >= 11 is 1.41. The van der Waals surface area contributed by atoms with Gasteiger partial charge in [-0.2, -0.15) is 5.10 Å². The molecule has 0 spiro atoms. The number of carbonyl (C=O) groups excluding carboxylic acids is 1. The number of carbonyl (C=O) groups is 1. The largest absolute Gasteiger partial charge is 0.298 e. The molecule has 0 aliphatic heterocycles. The second-order valence-electron chi connectivity index (χ2n) is 3.15. The van der Waals surface area contributed by atoms with Crippen molar-refractivity contribution in [2.75, 3.05) is 5.32 Å². The van der Waals surface area contributed by atoms with Gasteiger partial charge >= 0.3 is 0 Å². The molecule has 2 rings (SSSR count). The molecule has 0 saturated carbocycles. The molecule has 2 aromatic heterocycles. The van der Waals surface area contributed by atoms with Gasteiger partial charge < -0.3 is 0 Å². The summed E-state index contributed by atoms with van der Waals surface area (Å²) in [6.07, 6.45) is 3.19. The van der Waals surface area contributed by atoms with Gasteiger partial charge in [0.1, 0.15) is 0 Å². The Morgan fingerprint density at radius 1 is 1.60 bits per heavy atom. The first-order chi connectivity index (χ1) is 7.15. The maximum Gasteiger partial charge on any atom is 0.260 e. The van der Waals surface area contributed by atoms with E-state index in [1.54, 1.807) is 17.9 Å². The lowest BCUT2D eigenvalue weighted by atomic mass is 10.3. The van der Waals surface area contributed by atoms with Crippen molar-refractivity contribution in [2.24, 2.45) is 7.05 Å². The van der Waals surface area contributed by atoms with Crippen LogP contribution in [0.3, 0.4) is 0 Å². The molecule has 6 heteroatoms. The predicted octanol–water partition coefficient (Wildman–Crippen LogP) is 1.44. The summed E-state index contributed by atoms with van der Waals surface area (Å²) in [5, 5.41) is 9.13. The van der Waals surface area contributed by atoms with E-state index in [2.05, 4.69) is 15.4 Å². The first kappa shape index (κ1) is 9.85. The zero-order valence-corrected chi connectivity index (χ0v) is 9.21. The van der Waals surface area contributed by atoms with E-state index in [4.69, 9.17) is 0 Å². The summed E-state index contributed by atoms with van der Waals surface area (Å²) in [7, 11) is 1.77. The second-order valence-corrected chi connectivity index (χ2v) is 4.01. The van der Waals surface area contributed by atoms with Gasteiger partial charge in [-0.1, -0.05) is 0 Å². The Morgan fingerprint density at radius 3 is 2.93 bits per heavy atom. The maximum atomic E-state index is 11.6. The first-order valence-electron chi connectivity index (χ1n) is 4.37. The molecule has 5 nitrogen and oxygen atoms in total. The zero-order valence-electron chi connectivity index (χ0n) is 8.39. The average Bonchev–Trinajstić information content (AvgIpc) is 2.75. The molecule has 0 fully saturated rings. The van der Waals surface area contributed by atoms with Crippen LogP contribution in [0.2, 0.25) is 0 Å².